The maximum atomic E-state index is 12.7. The first-order valence-electron chi connectivity index (χ1n) is 10.4. The molecule has 30 heavy (non-hydrogen) atoms. The Hall–Kier alpha value is -2.38. The minimum absolute atomic E-state index is 0.0680. The zero-order chi connectivity index (χ0) is 21.7. The van der Waals surface area contributed by atoms with Gasteiger partial charge in [-0.15, -0.1) is 0 Å². The van der Waals surface area contributed by atoms with Crippen LogP contribution in [0.15, 0.2) is 53.4 Å². The van der Waals surface area contributed by atoms with Gasteiger partial charge in [-0.25, -0.2) is 8.42 Å². The molecule has 1 amide bonds. The number of benzene rings is 2. The number of rotatable bonds is 7. The lowest BCUT2D eigenvalue weighted by Gasteiger charge is -2.31. The zero-order valence-corrected chi connectivity index (χ0v) is 18.4. The number of hydrogen-bond acceptors (Lipinski definition) is 4. The maximum absolute atomic E-state index is 12.7. The molecule has 0 atom stereocenters. The lowest BCUT2D eigenvalue weighted by molar-refractivity contribution is 0.0651. The molecular weight excluding hydrogens is 400 g/mol. The van der Waals surface area contributed by atoms with Crippen LogP contribution in [0.4, 0.5) is 5.69 Å². The molecule has 1 fully saturated rings. The van der Waals surface area contributed by atoms with Crippen LogP contribution in [-0.2, 0) is 16.4 Å². The van der Waals surface area contributed by atoms with E-state index in [0.717, 1.165) is 24.8 Å². The number of aliphatic hydroxyl groups excluding tert-OH is 1. The Morgan fingerprint density at radius 1 is 1.07 bits per heavy atom. The van der Waals surface area contributed by atoms with Gasteiger partial charge in [0.2, 0.25) is 0 Å². The Balaban J connectivity index is 1.64. The third-order valence-corrected chi connectivity index (χ3v) is 6.82. The Labute approximate surface area is 179 Å². The van der Waals surface area contributed by atoms with Crippen molar-refractivity contribution < 1.29 is 18.3 Å². The van der Waals surface area contributed by atoms with Crippen molar-refractivity contribution in [2.24, 2.45) is 11.8 Å². The van der Waals surface area contributed by atoms with E-state index in [1.165, 1.54) is 0 Å². The molecule has 0 radical (unpaired) electrons. The molecule has 7 heteroatoms. The Morgan fingerprint density at radius 2 is 1.67 bits per heavy atom. The van der Waals surface area contributed by atoms with Crippen molar-refractivity contribution in [1.82, 2.24) is 4.90 Å². The molecule has 6 nitrogen and oxygen atoms in total. The summed E-state index contributed by atoms with van der Waals surface area (Å²) < 4.78 is 27.9. The van der Waals surface area contributed by atoms with Crippen LogP contribution >= 0.6 is 0 Å². The summed E-state index contributed by atoms with van der Waals surface area (Å²) in [6.07, 6.45) is 2.51. The van der Waals surface area contributed by atoms with Crippen molar-refractivity contribution in [3.05, 3.63) is 59.7 Å². The van der Waals surface area contributed by atoms with Crippen LogP contribution in [-0.4, -0.2) is 44.0 Å². The van der Waals surface area contributed by atoms with Gasteiger partial charge in [0.15, 0.2) is 0 Å². The highest BCUT2D eigenvalue weighted by Crippen LogP contribution is 2.21. The molecule has 0 aliphatic carbocycles. The smallest absolute Gasteiger partial charge is 0.261 e. The largest absolute Gasteiger partial charge is 0.396 e. The minimum atomic E-state index is -3.69. The normalized spacial score (nSPS) is 15.4. The van der Waals surface area contributed by atoms with Gasteiger partial charge in [0, 0.05) is 30.9 Å². The first-order valence-corrected chi connectivity index (χ1v) is 11.9. The topological polar surface area (TPSA) is 86.7 Å². The van der Waals surface area contributed by atoms with E-state index in [2.05, 4.69) is 18.6 Å². The van der Waals surface area contributed by atoms with Crippen LogP contribution in [0, 0.1) is 11.8 Å². The van der Waals surface area contributed by atoms with Crippen LogP contribution in [0.25, 0.3) is 0 Å². The van der Waals surface area contributed by atoms with E-state index in [-0.39, 0.29) is 23.3 Å². The summed E-state index contributed by atoms with van der Waals surface area (Å²) in [5.41, 5.74) is 2.05. The molecular formula is C23H30N2O4S. The number of nitrogens with one attached hydrogen (secondary N) is 1. The summed E-state index contributed by atoms with van der Waals surface area (Å²) in [7, 11) is -3.69. The van der Waals surface area contributed by atoms with Crippen molar-refractivity contribution in [2.45, 2.75) is 38.0 Å². The third kappa shape index (κ3) is 5.61. The number of anilines is 1. The average molecular weight is 431 g/mol. The number of carbonyl (C=O) groups excluding carboxylic acids is 1. The number of sulfonamides is 1. The quantitative estimate of drug-likeness (QED) is 0.704. The van der Waals surface area contributed by atoms with E-state index in [1.54, 1.807) is 41.3 Å². The van der Waals surface area contributed by atoms with Gasteiger partial charge >= 0.3 is 0 Å². The fourth-order valence-electron chi connectivity index (χ4n) is 3.67. The number of hydrogen-bond donors (Lipinski definition) is 2. The Morgan fingerprint density at radius 3 is 2.20 bits per heavy atom. The van der Waals surface area contributed by atoms with Gasteiger partial charge in [-0.3, -0.25) is 9.52 Å². The monoisotopic (exact) mass is 430 g/mol. The molecule has 1 heterocycles. The van der Waals surface area contributed by atoms with E-state index < -0.39 is 10.0 Å². The second-order valence-corrected chi connectivity index (χ2v) is 10.0. The lowest BCUT2D eigenvalue weighted by atomic mass is 9.97. The van der Waals surface area contributed by atoms with Gasteiger partial charge < -0.3 is 10.0 Å². The van der Waals surface area contributed by atoms with Gasteiger partial charge in [-0.05, 0) is 73.1 Å². The number of likely N-dealkylation sites (tertiary alicyclic amines) is 1. The molecule has 3 rings (SSSR count). The van der Waals surface area contributed by atoms with Crippen molar-refractivity contribution in [3.63, 3.8) is 0 Å². The second kappa shape index (κ2) is 9.62. The number of carbonyl (C=O) groups is 1. The fraction of sp³-hybridized carbons (Fsp3) is 0.435. The van der Waals surface area contributed by atoms with Crippen LogP contribution in [0.1, 0.15) is 42.6 Å². The molecule has 2 N–H and O–H groups in total. The van der Waals surface area contributed by atoms with Crippen LogP contribution in [0.5, 0.6) is 0 Å². The maximum Gasteiger partial charge on any atom is 0.261 e. The zero-order valence-electron chi connectivity index (χ0n) is 17.5. The van der Waals surface area contributed by atoms with Crippen molar-refractivity contribution in [3.8, 4) is 0 Å². The SMILES string of the molecule is CC(C)Cc1ccc(S(=O)(=O)Nc2ccc(C(=O)N3CCC(CO)CC3)cc2)cc1. The van der Waals surface area contributed by atoms with E-state index >= 15 is 0 Å². The number of piperidine rings is 1. The third-order valence-electron chi connectivity index (χ3n) is 5.42. The van der Waals surface area contributed by atoms with Crippen molar-refractivity contribution in [2.75, 3.05) is 24.4 Å². The van der Waals surface area contributed by atoms with E-state index in [1.807, 2.05) is 12.1 Å². The van der Waals surface area contributed by atoms with Crippen LogP contribution in [0.2, 0.25) is 0 Å². The summed E-state index contributed by atoms with van der Waals surface area (Å²) in [5, 5.41) is 9.23. The molecule has 1 aliphatic heterocycles. The highest BCUT2D eigenvalue weighted by atomic mass is 32.2. The number of nitrogens with zero attached hydrogens (tertiary/aromatic N) is 1. The molecule has 0 saturated carbocycles. The molecule has 1 aliphatic rings. The lowest BCUT2D eigenvalue weighted by Crippen LogP contribution is -2.39. The second-order valence-electron chi connectivity index (χ2n) is 8.34. The van der Waals surface area contributed by atoms with E-state index in [0.29, 0.717) is 30.3 Å². The Kier molecular flexibility index (Phi) is 7.15. The Bertz CT molecular complexity index is 946. The average Bonchev–Trinajstić information content (AvgIpc) is 2.73. The summed E-state index contributed by atoms with van der Waals surface area (Å²) in [4.78, 5) is 14.6. The standard InChI is InChI=1S/C23H30N2O4S/c1-17(2)15-18-3-9-22(10-4-18)30(28,29)24-21-7-5-20(6-8-21)23(27)25-13-11-19(16-26)12-14-25/h3-10,17,19,24,26H,11-16H2,1-2H3. The summed E-state index contributed by atoms with van der Waals surface area (Å²) in [6, 6.07) is 13.4. The molecule has 162 valence electrons. The number of aliphatic hydroxyl groups is 1. The van der Waals surface area contributed by atoms with Crippen molar-refractivity contribution in [1.29, 1.82) is 0 Å². The highest BCUT2D eigenvalue weighted by Gasteiger charge is 2.23. The summed E-state index contributed by atoms with van der Waals surface area (Å²) in [6.45, 7) is 5.67. The predicted molar refractivity (Wildman–Crippen MR) is 118 cm³/mol. The molecule has 0 aromatic heterocycles. The molecule has 0 bridgehead atoms. The van der Waals surface area contributed by atoms with Gasteiger partial charge in [0.25, 0.3) is 15.9 Å². The van der Waals surface area contributed by atoms with Crippen LogP contribution < -0.4 is 4.72 Å². The molecule has 2 aromatic carbocycles. The fourth-order valence-corrected chi connectivity index (χ4v) is 4.73. The van der Waals surface area contributed by atoms with Crippen LogP contribution in [0.3, 0.4) is 0 Å². The summed E-state index contributed by atoms with van der Waals surface area (Å²) >= 11 is 0. The molecule has 2 aromatic rings. The molecule has 1 saturated heterocycles. The first-order chi connectivity index (χ1) is 14.3. The summed E-state index contributed by atoms with van der Waals surface area (Å²) in [5.74, 6) is 0.708. The van der Waals surface area contributed by atoms with Gasteiger partial charge in [-0.1, -0.05) is 26.0 Å². The van der Waals surface area contributed by atoms with Gasteiger partial charge in [-0.2, -0.15) is 0 Å². The van der Waals surface area contributed by atoms with E-state index in [9.17, 15) is 18.3 Å². The van der Waals surface area contributed by atoms with Gasteiger partial charge in [0.05, 0.1) is 4.90 Å². The molecule has 0 unspecified atom stereocenters. The highest BCUT2D eigenvalue weighted by molar-refractivity contribution is 7.92. The predicted octanol–water partition coefficient (Wildman–Crippen LogP) is 3.53. The first kappa shape index (κ1) is 22.3. The van der Waals surface area contributed by atoms with Gasteiger partial charge in [0.1, 0.15) is 0 Å². The number of amides is 1. The van der Waals surface area contributed by atoms with Crippen molar-refractivity contribution >= 4 is 21.6 Å². The minimum Gasteiger partial charge on any atom is -0.396 e. The van der Waals surface area contributed by atoms with E-state index in [4.69, 9.17) is 0 Å². The molecule has 0 spiro atoms.